The number of carbonyl (C=O) groups is 1. The van der Waals surface area contributed by atoms with Crippen LogP contribution in [0.1, 0.15) is 71.9 Å². The molecule has 8 nitrogen and oxygen atoms in total. The Balaban J connectivity index is 1.36. The molecule has 5 rings (SSSR count). The van der Waals surface area contributed by atoms with Crippen LogP contribution in [0.2, 0.25) is 0 Å². The van der Waals surface area contributed by atoms with E-state index in [1.54, 1.807) is 24.3 Å². The molecule has 0 saturated carbocycles. The molecule has 0 spiro atoms. The highest BCUT2D eigenvalue weighted by Gasteiger charge is 2.37. The molecule has 1 saturated heterocycles. The molecule has 0 radical (unpaired) electrons. The molecular weight excluding hydrogens is 535 g/mol. The molecule has 3 N–H and O–H groups in total. The van der Waals surface area contributed by atoms with Crippen LogP contribution >= 0.6 is 0 Å². The van der Waals surface area contributed by atoms with Gasteiger partial charge < -0.3 is 20.1 Å². The molecule has 11 heteroatoms. The van der Waals surface area contributed by atoms with Crippen molar-refractivity contribution in [3.63, 3.8) is 0 Å². The molecule has 41 heavy (non-hydrogen) atoms. The van der Waals surface area contributed by atoms with Crippen molar-refractivity contribution in [2.24, 2.45) is 0 Å². The summed E-state index contributed by atoms with van der Waals surface area (Å²) in [6.07, 6.45) is -1.61. The van der Waals surface area contributed by atoms with Crippen LogP contribution in [-0.4, -0.2) is 51.4 Å². The lowest BCUT2D eigenvalue weighted by atomic mass is 10.0. The number of anilines is 2. The van der Waals surface area contributed by atoms with Crippen molar-refractivity contribution < 1.29 is 27.8 Å². The van der Waals surface area contributed by atoms with Crippen LogP contribution in [0.4, 0.5) is 24.8 Å². The first-order chi connectivity index (χ1) is 19.7. The Hall–Kier alpha value is -3.54. The lowest BCUT2D eigenvalue weighted by molar-refractivity contribution is -0.139. The standard InChI is InChI=1S/C30H34F3N5O3/c1-3-18-16-20(27(40)35-21-12-14-38(4-2)15-13-21)8-10-23(18)36-29-34-17-22(30(31,32)33)28(37-29)41-25-7-5-6-19-9-11-24(39)26(19)25/h5-8,10,16-17,21,27,35,40H,3-4,9,11-15H2,1-2H3,(H,34,36,37). The van der Waals surface area contributed by atoms with Gasteiger partial charge >= 0.3 is 6.18 Å². The summed E-state index contributed by atoms with van der Waals surface area (Å²) in [6.45, 7) is 7.09. The van der Waals surface area contributed by atoms with Gasteiger partial charge in [-0.2, -0.15) is 18.2 Å². The number of benzene rings is 2. The van der Waals surface area contributed by atoms with E-state index >= 15 is 0 Å². The molecule has 2 aliphatic rings. The van der Waals surface area contributed by atoms with Crippen LogP contribution in [-0.2, 0) is 19.0 Å². The molecule has 3 aromatic rings. The van der Waals surface area contributed by atoms with Gasteiger partial charge in [0.2, 0.25) is 11.8 Å². The zero-order chi connectivity index (χ0) is 29.1. The van der Waals surface area contributed by atoms with Crippen LogP contribution in [0.15, 0.2) is 42.6 Å². The summed E-state index contributed by atoms with van der Waals surface area (Å²) in [5.74, 6) is -0.907. The predicted octanol–water partition coefficient (Wildman–Crippen LogP) is 5.79. The summed E-state index contributed by atoms with van der Waals surface area (Å²) in [4.78, 5) is 22.7. The number of aliphatic hydroxyl groups excluding tert-OH is 1. The van der Waals surface area contributed by atoms with E-state index < -0.39 is 23.8 Å². The number of ketones is 1. The lowest BCUT2D eigenvalue weighted by Gasteiger charge is -2.33. The predicted molar refractivity (Wildman–Crippen MR) is 149 cm³/mol. The van der Waals surface area contributed by atoms with Gasteiger partial charge in [0.25, 0.3) is 0 Å². The number of nitrogens with one attached hydrogen (secondary N) is 2. The van der Waals surface area contributed by atoms with Crippen LogP contribution in [0.5, 0.6) is 11.6 Å². The first-order valence-corrected chi connectivity index (χ1v) is 14.0. The van der Waals surface area contributed by atoms with E-state index in [-0.39, 0.29) is 29.9 Å². The first kappa shape index (κ1) is 29.0. The molecule has 1 aliphatic carbocycles. The molecule has 2 aromatic carbocycles. The molecule has 1 aliphatic heterocycles. The Morgan fingerprint density at radius 3 is 2.63 bits per heavy atom. The van der Waals surface area contributed by atoms with E-state index in [1.165, 1.54) is 6.07 Å². The fraction of sp³-hybridized carbons (Fsp3) is 0.433. The third-order valence-electron chi connectivity index (χ3n) is 7.78. The highest BCUT2D eigenvalue weighted by atomic mass is 19.4. The van der Waals surface area contributed by atoms with Crippen molar-refractivity contribution in [1.29, 1.82) is 0 Å². The number of carbonyl (C=O) groups excluding carboxylic acids is 1. The number of likely N-dealkylation sites (tertiary alicyclic amines) is 1. The van der Waals surface area contributed by atoms with E-state index in [1.807, 2.05) is 13.0 Å². The second-order valence-electron chi connectivity index (χ2n) is 10.4. The van der Waals surface area contributed by atoms with Crippen molar-refractivity contribution in [2.45, 2.75) is 64.4 Å². The minimum absolute atomic E-state index is 0.0422. The molecule has 1 aromatic heterocycles. The Morgan fingerprint density at radius 1 is 1.15 bits per heavy atom. The van der Waals surface area contributed by atoms with Gasteiger partial charge in [-0.25, -0.2) is 4.98 Å². The maximum absolute atomic E-state index is 13.8. The Morgan fingerprint density at radius 2 is 1.93 bits per heavy atom. The molecule has 0 bridgehead atoms. The summed E-state index contributed by atoms with van der Waals surface area (Å²) in [5.41, 5.74) is 2.02. The van der Waals surface area contributed by atoms with Crippen LogP contribution in [0, 0.1) is 0 Å². The summed E-state index contributed by atoms with van der Waals surface area (Å²) in [7, 11) is 0. The van der Waals surface area contributed by atoms with Gasteiger partial charge in [0, 0.05) is 24.3 Å². The van der Waals surface area contributed by atoms with Crippen molar-refractivity contribution in [2.75, 3.05) is 25.0 Å². The van der Waals surface area contributed by atoms with E-state index in [9.17, 15) is 23.1 Å². The maximum atomic E-state index is 13.8. The number of nitrogens with zero attached hydrogens (tertiary/aromatic N) is 3. The third kappa shape index (κ3) is 6.52. The average Bonchev–Trinajstić information content (AvgIpc) is 3.34. The Labute approximate surface area is 237 Å². The van der Waals surface area contributed by atoms with Gasteiger partial charge in [-0.15, -0.1) is 0 Å². The summed E-state index contributed by atoms with van der Waals surface area (Å²) < 4.78 is 47.1. The zero-order valence-corrected chi connectivity index (χ0v) is 23.1. The molecule has 1 fully saturated rings. The topological polar surface area (TPSA) is 99.6 Å². The van der Waals surface area contributed by atoms with Crippen LogP contribution in [0.3, 0.4) is 0 Å². The number of aromatic nitrogens is 2. The molecule has 0 amide bonds. The third-order valence-corrected chi connectivity index (χ3v) is 7.78. The molecule has 1 atom stereocenters. The largest absolute Gasteiger partial charge is 0.437 e. The van der Waals surface area contributed by atoms with Gasteiger partial charge in [0.05, 0.1) is 5.56 Å². The highest BCUT2D eigenvalue weighted by Crippen LogP contribution is 2.40. The van der Waals surface area contributed by atoms with Crippen molar-refractivity contribution >= 4 is 17.4 Å². The number of aryl methyl sites for hydroxylation is 2. The van der Waals surface area contributed by atoms with Gasteiger partial charge in [0.1, 0.15) is 17.5 Å². The van der Waals surface area contributed by atoms with E-state index in [2.05, 4.69) is 32.4 Å². The monoisotopic (exact) mass is 569 g/mol. The number of alkyl halides is 3. The minimum Gasteiger partial charge on any atom is -0.437 e. The molecule has 218 valence electrons. The van der Waals surface area contributed by atoms with Gasteiger partial charge in [-0.05, 0) is 80.2 Å². The van der Waals surface area contributed by atoms with Gasteiger partial charge in [-0.3, -0.25) is 10.1 Å². The summed E-state index contributed by atoms with van der Waals surface area (Å²) in [5, 5.41) is 17.2. The van der Waals surface area contributed by atoms with Gasteiger partial charge in [0.15, 0.2) is 5.78 Å². The molecule has 2 heterocycles. The van der Waals surface area contributed by atoms with Crippen molar-refractivity contribution in [3.8, 4) is 11.6 Å². The highest BCUT2D eigenvalue weighted by molar-refractivity contribution is 6.03. The lowest BCUT2D eigenvalue weighted by Crippen LogP contribution is -2.43. The number of piperidine rings is 1. The van der Waals surface area contributed by atoms with Crippen LogP contribution in [0.25, 0.3) is 0 Å². The number of fused-ring (bicyclic) bond motifs is 1. The number of ether oxygens (including phenoxy) is 1. The number of rotatable bonds is 9. The SMILES string of the molecule is CCc1cc(C(O)NC2CCN(CC)CC2)ccc1Nc1ncc(C(F)(F)F)c(Oc2cccc3c2C(=O)CC3)n1. The normalized spacial score (nSPS) is 17.0. The summed E-state index contributed by atoms with van der Waals surface area (Å²) >= 11 is 0. The Bertz CT molecular complexity index is 1410. The van der Waals surface area contributed by atoms with Crippen molar-refractivity contribution in [3.05, 3.63) is 70.4 Å². The molecule has 1 unspecified atom stereocenters. The van der Waals surface area contributed by atoms with E-state index in [0.717, 1.165) is 43.6 Å². The van der Waals surface area contributed by atoms with Crippen LogP contribution < -0.4 is 15.4 Å². The van der Waals surface area contributed by atoms with E-state index in [4.69, 9.17) is 4.74 Å². The second-order valence-corrected chi connectivity index (χ2v) is 10.4. The summed E-state index contributed by atoms with van der Waals surface area (Å²) in [6, 6.07) is 10.5. The average molecular weight is 570 g/mol. The number of Topliss-reactive ketones (excluding diaryl/α,β-unsaturated/α-hetero) is 1. The first-order valence-electron chi connectivity index (χ1n) is 14.0. The maximum Gasteiger partial charge on any atom is 0.423 e. The zero-order valence-electron chi connectivity index (χ0n) is 23.1. The Kier molecular flexibility index (Phi) is 8.58. The quantitative estimate of drug-likeness (QED) is 0.279. The van der Waals surface area contributed by atoms with E-state index in [0.29, 0.717) is 35.9 Å². The molecular formula is C30H34F3N5O3. The number of halogens is 3. The number of hydrogen-bond donors (Lipinski definition) is 3. The van der Waals surface area contributed by atoms with Crippen molar-refractivity contribution in [1.82, 2.24) is 20.2 Å². The fourth-order valence-electron chi connectivity index (χ4n) is 5.42. The number of hydrogen-bond acceptors (Lipinski definition) is 8. The van der Waals surface area contributed by atoms with Gasteiger partial charge in [-0.1, -0.05) is 32.0 Å². The number of aliphatic hydroxyl groups is 1. The second kappa shape index (κ2) is 12.1. The minimum atomic E-state index is -4.76. The fourth-order valence-corrected chi connectivity index (χ4v) is 5.42. The smallest absolute Gasteiger partial charge is 0.423 e.